The van der Waals surface area contributed by atoms with Crippen LogP contribution >= 0.6 is 27.3 Å². The van der Waals surface area contributed by atoms with E-state index < -0.39 is 10.0 Å². The molecular weight excluding hydrogens is 350 g/mol. The molecule has 0 amide bonds. The van der Waals surface area contributed by atoms with Gasteiger partial charge in [-0.3, -0.25) is 0 Å². The van der Waals surface area contributed by atoms with E-state index in [-0.39, 0.29) is 0 Å². The molecular formula is C12H18BrNO3S2. The zero-order chi connectivity index (χ0) is 13.9. The molecule has 1 aromatic heterocycles. The fourth-order valence-electron chi connectivity index (χ4n) is 2.23. The summed E-state index contributed by atoms with van der Waals surface area (Å²) in [6, 6.07) is 3.44. The number of hydrogen-bond acceptors (Lipinski definition) is 4. The molecule has 0 N–H and O–H groups in total. The van der Waals surface area contributed by atoms with Gasteiger partial charge in [0.1, 0.15) is 4.21 Å². The van der Waals surface area contributed by atoms with Crippen LogP contribution in [-0.2, 0) is 14.8 Å². The van der Waals surface area contributed by atoms with Crippen LogP contribution in [0.1, 0.15) is 19.8 Å². The van der Waals surface area contributed by atoms with Gasteiger partial charge in [0.25, 0.3) is 10.0 Å². The van der Waals surface area contributed by atoms with Crippen molar-refractivity contribution in [2.75, 3.05) is 26.3 Å². The lowest BCUT2D eigenvalue weighted by molar-refractivity contribution is 0.0864. The molecule has 1 aliphatic heterocycles. The number of rotatable bonds is 5. The van der Waals surface area contributed by atoms with Crippen LogP contribution in [0.4, 0.5) is 0 Å². The van der Waals surface area contributed by atoms with E-state index in [9.17, 15) is 8.42 Å². The largest absolute Gasteiger partial charge is 0.381 e. The molecule has 0 bridgehead atoms. The molecule has 1 atom stereocenters. The minimum absolute atomic E-state index is 0.312. The highest BCUT2D eigenvalue weighted by Gasteiger charge is 2.31. The number of sulfonamides is 1. The van der Waals surface area contributed by atoms with Crippen molar-refractivity contribution in [2.45, 2.75) is 24.0 Å². The Hall–Kier alpha value is 0.0500. The van der Waals surface area contributed by atoms with E-state index in [2.05, 4.69) is 15.9 Å². The maximum Gasteiger partial charge on any atom is 0.252 e. The van der Waals surface area contributed by atoms with Crippen LogP contribution in [0.25, 0.3) is 0 Å². The Kier molecular flexibility index (Phi) is 5.42. The summed E-state index contributed by atoms with van der Waals surface area (Å²) >= 11 is 4.57. The first kappa shape index (κ1) is 15.4. The predicted molar refractivity (Wildman–Crippen MR) is 80.0 cm³/mol. The van der Waals surface area contributed by atoms with Gasteiger partial charge in [0.2, 0.25) is 0 Å². The van der Waals surface area contributed by atoms with Gasteiger partial charge >= 0.3 is 0 Å². The van der Waals surface area contributed by atoms with Gasteiger partial charge in [0.15, 0.2) is 0 Å². The molecule has 1 fully saturated rings. The Morgan fingerprint density at radius 3 is 2.95 bits per heavy atom. The quantitative estimate of drug-likeness (QED) is 0.803. The van der Waals surface area contributed by atoms with Crippen LogP contribution in [-0.4, -0.2) is 39.0 Å². The van der Waals surface area contributed by atoms with E-state index in [1.807, 2.05) is 6.92 Å². The first-order valence-corrected chi connectivity index (χ1v) is 9.42. The van der Waals surface area contributed by atoms with E-state index in [0.29, 0.717) is 36.4 Å². The van der Waals surface area contributed by atoms with Gasteiger partial charge in [-0.1, -0.05) is 0 Å². The Bertz CT molecular complexity index is 515. The van der Waals surface area contributed by atoms with Gasteiger partial charge in [0, 0.05) is 19.7 Å². The van der Waals surface area contributed by atoms with Crippen LogP contribution < -0.4 is 0 Å². The van der Waals surface area contributed by atoms with Gasteiger partial charge in [-0.25, -0.2) is 8.42 Å². The summed E-state index contributed by atoms with van der Waals surface area (Å²) in [7, 11) is -3.33. The normalized spacial score (nSPS) is 21.7. The topological polar surface area (TPSA) is 46.6 Å². The van der Waals surface area contributed by atoms with Crippen molar-refractivity contribution in [1.29, 1.82) is 0 Å². The van der Waals surface area contributed by atoms with Crippen molar-refractivity contribution >= 4 is 37.3 Å². The molecule has 19 heavy (non-hydrogen) atoms. The second kappa shape index (κ2) is 6.67. The summed E-state index contributed by atoms with van der Waals surface area (Å²) in [5.74, 6) is 0.312. The lowest BCUT2D eigenvalue weighted by Gasteiger charge is -2.31. The van der Waals surface area contributed by atoms with Crippen LogP contribution in [0.2, 0.25) is 0 Å². The lowest BCUT2D eigenvalue weighted by atomic mass is 10.0. The zero-order valence-electron chi connectivity index (χ0n) is 10.8. The number of hydrogen-bond donors (Lipinski definition) is 0. The maximum atomic E-state index is 12.5. The molecule has 2 heterocycles. The highest BCUT2D eigenvalue weighted by molar-refractivity contribution is 9.11. The molecule has 0 saturated carbocycles. The Morgan fingerprint density at radius 1 is 1.53 bits per heavy atom. The number of nitrogens with zero attached hydrogens (tertiary/aromatic N) is 1. The molecule has 2 rings (SSSR count). The van der Waals surface area contributed by atoms with Gasteiger partial charge < -0.3 is 4.74 Å². The number of thiophene rings is 1. The predicted octanol–water partition coefficient (Wildman–Crippen LogP) is 2.95. The minimum Gasteiger partial charge on any atom is -0.381 e. The average Bonchev–Trinajstić information content (AvgIpc) is 2.84. The van der Waals surface area contributed by atoms with Crippen LogP contribution in [0.3, 0.4) is 0 Å². The summed E-state index contributed by atoms with van der Waals surface area (Å²) in [6.45, 7) is 4.47. The van der Waals surface area contributed by atoms with Crippen molar-refractivity contribution < 1.29 is 13.2 Å². The molecule has 7 heteroatoms. The van der Waals surface area contributed by atoms with E-state index in [4.69, 9.17) is 4.74 Å². The summed E-state index contributed by atoms with van der Waals surface area (Å²) in [6.07, 6.45) is 1.95. The van der Waals surface area contributed by atoms with Crippen LogP contribution in [0.5, 0.6) is 0 Å². The van der Waals surface area contributed by atoms with Crippen molar-refractivity contribution in [3.63, 3.8) is 0 Å². The average molecular weight is 368 g/mol. The SMILES string of the molecule is CCOCC1CCCN(S(=O)(=O)c2ccc(Br)s2)C1. The highest BCUT2D eigenvalue weighted by atomic mass is 79.9. The fraction of sp³-hybridized carbons (Fsp3) is 0.667. The zero-order valence-corrected chi connectivity index (χ0v) is 14.1. The second-order valence-corrected chi connectivity index (χ2v) is 9.22. The molecule has 1 saturated heterocycles. The first-order valence-electron chi connectivity index (χ1n) is 6.37. The minimum atomic E-state index is -3.33. The van der Waals surface area contributed by atoms with E-state index in [1.54, 1.807) is 16.4 Å². The van der Waals surface area contributed by atoms with E-state index >= 15 is 0 Å². The third-order valence-corrected chi connectivity index (χ3v) is 7.14. The monoisotopic (exact) mass is 367 g/mol. The van der Waals surface area contributed by atoms with E-state index in [0.717, 1.165) is 16.6 Å². The molecule has 1 aromatic rings. The number of ether oxygens (including phenoxy) is 1. The Balaban J connectivity index is 2.08. The Morgan fingerprint density at radius 2 is 2.32 bits per heavy atom. The summed E-state index contributed by atoms with van der Waals surface area (Å²) in [5.41, 5.74) is 0. The smallest absolute Gasteiger partial charge is 0.252 e. The molecule has 1 unspecified atom stereocenters. The fourth-order valence-corrected chi connectivity index (χ4v) is 5.95. The van der Waals surface area contributed by atoms with Crippen LogP contribution in [0, 0.1) is 5.92 Å². The third kappa shape index (κ3) is 3.78. The molecule has 108 valence electrons. The van der Waals surface area contributed by atoms with Crippen molar-refractivity contribution in [3.8, 4) is 0 Å². The van der Waals surface area contributed by atoms with Gasteiger partial charge in [0.05, 0.1) is 10.4 Å². The highest BCUT2D eigenvalue weighted by Crippen LogP contribution is 2.30. The van der Waals surface area contributed by atoms with E-state index in [1.165, 1.54) is 11.3 Å². The molecule has 0 aromatic carbocycles. The molecule has 1 aliphatic rings. The summed E-state index contributed by atoms with van der Waals surface area (Å²) in [4.78, 5) is 0. The first-order chi connectivity index (χ1) is 9.04. The summed E-state index contributed by atoms with van der Waals surface area (Å²) in [5, 5.41) is 0. The third-order valence-electron chi connectivity index (χ3n) is 3.18. The van der Waals surface area contributed by atoms with Gasteiger partial charge in [-0.05, 0) is 53.7 Å². The maximum absolute atomic E-state index is 12.5. The standard InChI is InChI=1S/C12H18BrNO3S2/c1-2-17-9-10-4-3-7-14(8-10)19(15,16)12-6-5-11(13)18-12/h5-6,10H,2-4,7-9H2,1H3. The number of piperidine rings is 1. The Labute approximate surface area is 126 Å². The van der Waals surface area contributed by atoms with Crippen molar-refractivity contribution in [1.82, 2.24) is 4.31 Å². The van der Waals surface area contributed by atoms with Gasteiger partial charge in [-0.2, -0.15) is 4.31 Å². The number of halogens is 1. The van der Waals surface area contributed by atoms with Gasteiger partial charge in [-0.15, -0.1) is 11.3 Å². The second-order valence-electron chi connectivity index (χ2n) is 4.59. The molecule has 0 radical (unpaired) electrons. The van der Waals surface area contributed by atoms with Crippen molar-refractivity contribution in [2.24, 2.45) is 5.92 Å². The molecule has 0 spiro atoms. The lowest BCUT2D eigenvalue weighted by Crippen LogP contribution is -2.40. The molecule has 0 aliphatic carbocycles. The van der Waals surface area contributed by atoms with Crippen LogP contribution in [0.15, 0.2) is 20.1 Å². The van der Waals surface area contributed by atoms with Crippen molar-refractivity contribution in [3.05, 3.63) is 15.9 Å². The molecule has 4 nitrogen and oxygen atoms in total. The summed E-state index contributed by atoms with van der Waals surface area (Å²) < 4.78 is 33.3.